The van der Waals surface area contributed by atoms with Crippen molar-refractivity contribution in [1.29, 1.82) is 0 Å². The molecule has 144 valence electrons. The second kappa shape index (κ2) is 7.34. The van der Waals surface area contributed by atoms with Crippen LogP contribution in [0.2, 0.25) is 5.02 Å². The van der Waals surface area contributed by atoms with Gasteiger partial charge in [0, 0.05) is 32.1 Å². The van der Waals surface area contributed by atoms with Crippen molar-refractivity contribution < 1.29 is 19.1 Å². The number of amides is 2. The van der Waals surface area contributed by atoms with Crippen molar-refractivity contribution in [1.82, 2.24) is 20.0 Å². The van der Waals surface area contributed by atoms with Crippen LogP contribution in [0.25, 0.3) is 0 Å². The summed E-state index contributed by atoms with van der Waals surface area (Å²) in [7, 11) is 0. The molecule has 0 radical (unpaired) electrons. The van der Waals surface area contributed by atoms with Crippen LogP contribution in [-0.2, 0) is 11.3 Å². The van der Waals surface area contributed by atoms with Gasteiger partial charge in [0.25, 0.3) is 5.91 Å². The molecule has 0 bridgehead atoms. The predicted molar refractivity (Wildman–Crippen MR) is 95.6 cm³/mol. The highest BCUT2D eigenvalue weighted by Crippen LogP contribution is 2.32. The third-order valence-electron chi connectivity index (χ3n) is 4.31. The number of halogens is 1. The lowest BCUT2D eigenvalue weighted by Crippen LogP contribution is -2.47. The summed E-state index contributed by atoms with van der Waals surface area (Å²) in [5.74, 6) is 0.277. The number of alkyl carbamates (subject to hydrolysis) is 1. The molecule has 3 rings (SSSR count). The largest absolute Gasteiger partial charge is 0.477 e. The first-order valence-corrected chi connectivity index (χ1v) is 9.30. The molecule has 0 saturated carbocycles. The highest BCUT2D eigenvalue weighted by atomic mass is 35.5. The van der Waals surface area contributed by atoms with Gasteiger partial charge in [-0.2, -0.15) is 5.10 Å². The Morgan fingerprint density at radius 1 is 1.27 bits per heavy atom. The van der Waals surface area contributed by atoms with Crippen molar-refractivity contribution in [3.8, 4) is 5.88 Å². The number of carbonyl (C=O) groups is 2. The summed E-state index contributed by atoms with van der Waals surface area (Å²) in [5.41, 5.74) is -0.290. The Balaban J connectivity index is 1.56. The van der Waals surface area contributed by atoms with Crippen molar-refractivity contribution in [2.24, 2.45) is 0 Å². The fourth-order valence-electron chi connectivity index (χ4n) is 3.08. The van der Waals surface area contributed by atoms with Crippen molar-refractivity contribution >= 4 is 23.6 Å². The SMILES string of the molecule is CC(C)(C)OC(=O)NC1CCN(C(=O)c2nn3c(c2Cl)OCCC3)CC1. The van der Waals surface area contributed by atoms with Crippen LogP contribution in [0.15, 0.2) is 0 Å². The van der Waals surface area contributed by atoms with E-state index in [2.05, 4.69) is 10.4 Å². The molecule has 8 nitrogen and oxygen atoms in total. The van der Waals surface area contributed by atoms with Gasteiger partial charge in [0.1, 0.15) is 10.6 Å². The summed E-state index contributed by atoms with van der Waals surface area (Å²) in [5, 5.41) is 7.45. The van der Waals surface area contributed by atoms with Crippen molar-refractivity contribution in [2.75, 3.05) is 19.7 Å². The van der Waals surface area contributed by atoms with E-state index in [-0.39, 0.29) is 22.7 Å². The molecule has 0 aliphatic carbocycles. The molecule has 2 amide bonds. The maximum Gasteiger partial charge on any atom is 0.407 e. The molecule has 1 fully saturated rings. The van der Waals surface area contributed by atoms with Crippen LogP contribution in [0.3, 0.4) is 0 Å². The number of nitrogens with zero attached hydrogens (tertiary/aromatic N) is 3. The number of nitrogens with one attached hydrogen (secondary N) is 1. The molecule has 0 spiro atoms. The lowest BCUT2D eigenvalue weighted by atomic mass is 10.0. The Morgan fingerprint density at radius 3 is 2.58 bits per heavy atom. The third kappa shape index (κ3) is 4.23. The molecule has 1 aromatic rings. The first kappa shape index (κ1) is 18.8. The van der Waals surface area contributed by atoms with Crippen LogP contribution in [0.5, 0.6) is 5.88 Å². The van der Waals surface area contributed by atoms with E-state index in [4.69, 9.17) is 21.1 Å². The summed E-state index contributed by atoms with van der Waals surface area (Å²) >= 11 is 6.29. The summed E-state index contributed by atoms with van der Waals surface area (Å²) in [6, 6.07) is -0.0112. The molecule has 0 atom stereocenters. The van der Waals surface area contributed by atoms with E-state index in [9.17, 15) is 9.59 Å². The first-order valence-electron chi connectivity index (χ1n) is 8.92. The highest BCUT2D eigenvalue weighted by Gasteiger charge is 2.31. The lowest BCUT2D eigenvalue weighted by molar-refractivity contribution is 0.0473. The second-order valence-electron chi connectivity index (χ2n) is 7.61. The first-order chi connectivity index (χ1) is 12.2. The molecular weight excluding hydrogens is 360 g/mol. The number of aryl methyl sites for hydroxylation is 1. The number of carbonyl (C=O) groups excluding carboxylic acids is 2. The molecule has 3 heterocycles. The Bertz CT molecular complexity index is 690. The highest BCUT2D eigenvalue weighted by molar-refractivity contribution is 6.34. The molecule has 26 heavy (non-hydrogen) atoms. The van der Waals surface area contributed by atoms with Gasteiger partial charge in [-0.15, -0.1) is 0 Å². The van der Waals surface area contributed by atoms with Crippen LogP contribution in [-0.4, -0.2) is 58.0 Å². The van der Waals surface area contributed by atoms with Gasteiger partial charge in [0.05, 0.1) is 6.61 Å². The van der Waals surface area contributed by atoms with E-state index >= 15 is 0 Å². The number of rotatable bonds is 2. The van der Waals surface area contributed by atoms with Crippen LogP contribution in [0, 0.1) is 0 Å². The number of hydrogen-bond acceptors (Lipinski definition) is 5. The van der Waals surface area contributed by atoms with E-state index in [0.717, 1.165) is 6.42 Å². The molecule has 1 N–H and O–H groups in total. The number of fused-ring (bicyclic) bond motifs is 1. The Morgan fingerprint density at radius 2 is 1.96 bits per heavy atom. The van der Waals surface area contributed by atoms with E-state index in [0.29, 0.717) is 45.0 Å². The van der Waals surface area contributed by atoms with E-state index < -0.39 is 11.7 Å². The molecule has 2 aliphatic heterocycles. The minimum atomic E-state index is -0.528. The topological polar surface area (TPSA) is 85.7 Å². The Hall–Kier alpha value is -1.96. The minimum absolute atomic E-state index is 0.0112. The summed E-state index contributed by atoms with van der Waals surface area (Å²) in [4.78, 5) is 26.3. The molecular formula is C17H25ClN4O4. The molecule has 0 aromatic carbocycles. The second-order valence-corrected chi connectivity index (χ2v) is 7.98. The van der Waals surface area contributed by atoms with Gasteiger partial charge in [0.2, 0.25) is 5.88 Å². The van der Waals surface area contributed by atoms with Gasteiger partial charge in [-0.1, -0.05) is 11.6 Å². The normalized spacial score (nSPS) is 18.1. The summed E-state index contributed by atoms with van der Waals surface area (Å²) in [6.07, 6.45) is 1.74. The molecule has 9 heteroatoms. The zero-order valence-electron chi connectivity index (χ0n) is 15.4. The van der Waals surface area contributed by atoms with Crippen LogP contribution < -0.4 is 10.1 Å². The van der Waals surface area contributed by atoms with E-state index in [1.807, 2.05) is 20.8 Å². The molecule has 2 aliphatic rings. The van der Waals surface area contributed by atoms with Gasteiger partial charge in [0.15, 0.2) is 5.69 Å². The zero-order valence-corrected chi connectivity index (χ0v) is 16.1. The van der Waals surface area contributed by atoms with E-state index in [1.165, 1.54) is 0 Å². The maximum atomic E-state index is 12.8. The number of likely N-dealkylation sites (tertiary alicyclic amines) is 1. The maximum absolute atomic E-state index is 12.8. The average molecular weight is 385 g/mol. The fraction of sp³-hybridized carbons (Fsp3) is 0.706. The van der Waals surface area contributed by atoms with Gasteiger partial charge in [-0.25, -0.2) is 9.48 Å². The van der Waals surface area contributed by atoms with E-state index in [1.54, 1.807) is 9.58 Å². The number of piperidine rings is 1. The fourth-order valence-corrected chi connectivity index (χ4v) is 3.36. The van der Waals surface area contributed by atoms with Crippen molar-refractivity contribution in [3.05, 3.63) is 10.7 Å². The zero-order chi connectivity index (χ0) is 18.9. The monoisotopic (exact) mass is 384 g/mol. The quantitative estimate of drug-likeness (QED) is 0.846. The van der Waals surface area contributed by atoms with Crippen LogP contribution in [0.4, 0.5) is 4.79 Å². The van der Waals surface area contributed by atoms with Crippen molar-refractivity contribution in [3.63, 3.8) is 0 Å². The van der Waals surface area contributed by atoms with Crippen LogP contribution in [0.1, 0.15) is 50.5 Å². The Kier molecular flexibility index (Phi) is 5.32. The van der Waals surface area contributed by atoms with Gasteiger partial charge in [-0.05, 0) is 33.6 Å². The average Bonchev–Trinajstić information content (AvgIpc) is 2.90. The van der Waals surface area contributed by atoms with Gasteiger partial charge >= 0.3 is 6.09 Å². The van der Waals surface area contributed by atoms with Gasteiger partial charge in [-0.3, -0.25) is 4.79 Å². The summed E-state index contributed by atoms with van der Waals surface area (Å²) < 4.78 is 12.4. The standard InChI is InChI=1S/C17H25ClN4O4/c1-17(2,3)26-16(24)19-11-5-8-21(9-6-11)14(23)13-12(18)15-22(20-13)7-4-10-25-15/h11H,4-10H2,1-3H3,(H,19,24). The minimum Gasteiger partial charge on any atom is -0.477 e. The van der Waals surface area contributed by atoms with Gasteiger partial charge < -0.3 is 19.7 Å². The molecule has 1 aromatic heterocycles. The lowest BCUT2D eigenvalue weighted by Gasteiger charge is -2.32. The Labute approximate surface area is 157 Å². The summed E-state index contributed by atoms with van der Waals surface area (Å²) in [6.45, 7) is 7.81. The smallest absolute Gasteiger partial charge is 0.407 e. The van der Waals surface area contributed by atoms with Crippen LogP contribution >= 0.6 is 11.6 Å². The number of ether oxygens (including phenoxy) is 2. The molecule has 1 saturated heterocycles. The van der Waals surface area contributed by atoms with Crippen molar-refractivity contribution in [2.45, 2.75) is 58.2 Å². The third-order valence-corrected chi connectivity index (χ3v) is 4.65. The number of aromatic nitrogens is 2. The number of hydrogen-bond donors (Lipinski definition) is 1. The molecule has 0 unspecified atom stereocenters. The predicted octanol–water partition coefficient (Wildman–Crippen LogP) is 2.45.